The van der Waals surface area contributed by atoms with E-state index in [4.69, 9.17) is 4.74 Å². The molecule has 0 aliphatic heterocycles. The Kier molecular flexibility index (Phi) is 3.76. The number of rotatable bonds is 4. The Morgan fingerprint density at radius 2 is 2.00 bits per heavy atom. The number of nitrogens with zero attached hydrogens (tertiary/aromatic N) is 3. The van der Waals surface area contributed by atoms with Crippen molar-refractivity contribution in [3.8, 4) is 5.75 Å². The molecule has 0 unspecified atom stereocenters. The van der Waals surface area contributed by atoms with Crippen LogP contribution in [0.5, 0.6) is 5.75 Å². The molecular formula is C16H14N4O3. The summed E-state index contributed by atoms with van der Waals surface area (Å²) in [6.45, 7) is 1.97. The van der Waals surface area contributed by atoms with Crippen molar-refractivity contribution < 1.29 is 9.66 Å². The largest absolute Gasteiger partial charge is 0.495 e. The zero-order valence-corrected chi connectivity index (χ0v) is 12.6. The summed E-state index contributed by atoms with van der Waals surface area (Å²) in [4.78, 5) is 18.9. The van der Waals surface area contributed by atoms with Gasteiger partial charge >= 0.3 is 0 Å². The molecule has 116 valence electrons. The van der Waals surface area contributed by atoms with Gasteiger partial charge in [-0.25, -0.2) is 9.97 Å². The Hall–Kier alpha value is -3.22. The molecule has 1 aromatic heterocycles. The maximum absolute atomic E-state index is 11.0. The van der Waals surface area contributed by atoms with E-state index < -0.39 is 4.92 Å². The zero-order chi connectivity index (χ0) is 16.4. The van der Waals surface area contributed by atoms with E-state index in [2.05, 4.69) is 15.3 Å². The molecule has 0 atom stereocenters. The minimum Gasteiger partial charge on any atom is -0.495 e. The van der Waals surface area contributed by atoms with Crippen LogP contribution in [0.15, 0.2) is 42.7 Å². The highest BCUT2D eigenvalue weighted by molar-refractivity contribution is 5.92. The SMILES string of the molecule is COc1ccc(C)cc1Nc1ncnc2ccc([N+](=O)[O-])cc12. The third kappa shape index (κ3) is 2.89. The molecule has 7 heteroatoms. The number of benzene rings is 2. The number of hydrogen-bond acceptors (Lipinski definition) is 6. The Morgan fingerprint density at radius 1 is 1.17 bits per heavy atom. The lowest BCUT2D eigenvalue weighted by Crippen LogP contribution is -1.99. The Labute approximate surface area is 132 Å². The second-order valence-corrected chi connectivity index (χ2v) is 5.01. The van der Waals surface area contributed by atoms with Gasteiger partial charge in [0.25, 0.3) is 5.69 Å². The van der Waals surface area contributed by atoms with Crippen molar-refractivity contribution in [1.82, 2.24) is 9.97 Å². The summed E-state index contributed by atoms with van der Waals surface area (Å²) in [5, 5.41) is 14.7. The first-order valence-corrected chi connectivity index (χ1v) is 6.89. The molecule has 3 rings (SSSR count). The van der Waals surface area contributed by atoms with Crippen LogP contribution in [0.3, 0.4) is 0 Å². The zero-order valence-electron chi connectivity index (χ0n) is 12.6. The number of non-ortho nitro benzene ring substituents is 1. The van der Waals surface area contributed by atoms with Crippen LogP contribution in [0.4, 0.5) is 17.2 Å². The van der Waals surface area contributed by atoms with Crippen LogP contribution < -0.4 is 10.1 Å². The van der Waals surface area contributed by atoms with Gasteiger partial charge in [-0.3, -0.25) is 10.1 Å². The fourth-order valence-corrected chi connectivity index (χ4v) is 2.30. The normalized spacial score (nSPS) is 10.5. The van der Waals surface area contributed by atoms with Crippen molar-refractivity contribution in [3.05, 3.63) is 58.4 Å². The number of aromatic nitrogens is 2. The third-order valence-electron chi connectivity index (χ3n) is 3.44. The Balaban J connectivity index is 2.11. The minimum atomic E-state index is -0.441. The average Bonchev–Trinajstić information content (AvgIpc) is 2.55. The molecule has 0 aliphatic carbocycles. The first kappa shape index (κ1) is 14.7. The number of anilines is 2. The minimum absolute atomic E-state index is 0.00782. The van der Waals surface area contributed by atoms with Gasteiger partial charge in [0.2, 0.25) is 0 Å². The van der Waals surface area contributed by atoms with Crippen LogP contribution >= 0.6 is 0 Å². The van der Waals surface area contributed by atoms with Crippen molar-refractivity contribution >= 4 is 28.1 Å². The van der Waals surface area contributed by atoms with E-state index in [0.29, 0.717) is 22.5 Å². The molecule has 0 amide bonds. The summed E-state index contributed by atoms with van der Waals surface area (Å²) in [5.41, 5.74) is 2.41. The van der Waals surface area contributed by atoms with Crippen LogP contribution in [0, 0.1) is 17.0 Å². The molecule has 0 aliphatic rings. The van der Waals surface area contributed by atoms with E-state index in [0.717, 1.165) is 11.3 Å². The van der Waals surface area contributed by atoms with Gasteiger partial charge in [-0.2, -0.15) is 0 Å². The first-order valence-electron chi connectivity index (χ1n) is 6.89. The van der Waals surface area contributed by atoms with Gasteiger partial charge in [0, 0.05) is 17.5 Å². The van der Waals surface area contributed by atoms with Crippen molar-refractivity contribution in [2.75, 3.05) is 12.4 Å². The van der Waals surface area contributed by atoms with Crippen LogP contribution in [-0.4, -0.2) is 22.0 Å². The summed E-state index contributed by atoms with van der Waals surface area (Å²) >= 11 is 0. The molecule has 3 aromatic rings. The highest BCUT2D eigenvalue weighted by Crippen LogP contribution is 2.31. The van der Waals surface area contributed by atoms with Crippen LogP contribution in [0.1, 0.15) is 5.56 Å². The third-order valence-corrected chi connectivity index (χ3v) is 3.44. The Bertz CT molecular complexity index is 896. The predicted octanol–water partition coefficient (Wildman–Crippen LogP) is 3.60. The summed E-state index contributed by atoms with van der Waals surface area (Å²) in [5.74, 6) is 1.15. The van der Waals surface area contributed by atoms with Gasteiger partial charge in [0.15, 0.2) is 0 Å². The van der Waals surface area contributed by atoms with Crippen LogP contribution in [0.25, 0.3) is 10.9 Å². The number of nitro groups is 1. The van der Waals surface area contributed by atoms with E-state index in [1.54, 1.807) is 13.2 Å². The fourth-order valence-electron chi connectivity index (χ4n) is 2.30. The van der Waals surface area contributed by atoms with Gasteiger partial charge in [0.05, 0.1) is 23.2 Å². The number of nitro benzene ring substituents is 1. The molecular weight excluding hydrogens is 296 g/mol. The number of ether oxygens (including phenoxy) is 1. The maximum Gasteiger partial charge on any atom is 0.270 e. The lowest BCUT2D eigenvalue weighted by molar-refractivity contribution is -0.384. The maximum atomic E-state index is 11.0. The monoisotopic (exact) mass is 310 g/mol. The number of methoxy groups -OCH3 is 1. The van der Waals surface area contributed by atoms with E-state index in [9.17, 15) is 10.1 Å². The molecule has 0 fully saturated rings. The molecule has 1 heterocycles. The summed E-state index contributed by atoms with van der Waals surface area (Å²) in [7, 11) is 1.58. The van der Waals surface area contributed by atoms with E-state index in [1.165, 1.54) is 18.5 Å². The van der Waals surface area contributed by atoms with Crippen LogP contribution in [-0.2, 0) is 0 Å². The second kappa shape index (κ2) is 5.88. The number of hydrogen-bond donors (Lipinski definition) is 1. The molecule has 2 aromatic carbocycles. The van der Waals surface area contributed by atoms with Gasteiger partial charge in [-0.15, -0.1) is 0 Å². The predicted molar refractivity (Wildman–Crippen MR) is 87.2 cm³/mol. The average molecular weight is 310 g/mol. The molecule has 0 saturated carbocycles. The summed E-state index contributed by atoms with van der Waals surface area (Å²) in [6, 6.07) is 10.2. The standard InChI is InChI=1S/C16H14N4O3/c1-10-3-6-15(23-2)14(7-10)19-16-12-8-11(20(21)22)4-5-13(12)17-9-18-16/h3-9H,1-2H3,(H,17,18,19). The molecule has 0 saturated heterocycles. The summed E-state index contributed by atoms with van der Waals surface area (Å²) in [6.07, 6.45) is 1.42. The number of nitrogens with one attached hydrogen (secondary N) is 1. The quantitative estimate of drug-likeness (QED) is 0.585. The van der Waals surface area contributed by atoms with E-state index >= 15 is 0 Å². The molecule has 0 bridgehead atoms. The van der Waals surface area contributed by atoms with E-state index in [1.807, 2.05) is 25.1 Å². The Morgan fingerprint density at radius 3 is 2.74 bits per heavy atom. The molecule has 7 nitrogen and oxygen atoms in total. The number of aryl methyl sites for hydroxylation is 1. The first-order chi connectivity index (χ1) is 11.1. The fraction of sp³-hybridized carbons (Fsp3) is 0.125. The lowest BCUT2D eigenvalue weighted by atomic mass is 10.2. The molecule has 23 heavy (non-hydrogen) atoms. The van der Waals surface area contributed by atoms with Gasteiger partial charge in [-0.1, -0.05) is 6.07 Å². The van der Waals surface area contributed by atoms with Gasteiger partial charge < -0.3 is 10.1 Å². The lowest BCUT2D eigenvalue weighted by Gasteiger charge is -2.12. The van der Waals surface area contributed by atoms with Crippen molar-refractivity contribution in [1.29, 1.82) is 0 Å². The summed E-state index contributed by atoms with van der Waals surface area (Å²) < 4.78 is 5.33. The van der Waals surface area contributed by atoms with Gasteiger partial charge in [0.1, 0.15) is 17.9 Å². The highest BCUT2D eigenvalue weighted by atomic mass is 16.6. The molecule has 0 spiro atoms. The van der Waals surface area contributed by atoms with Crippen molar-refractivity contribution in [3.63, 3.8) is 0 Å². The van der Waals surface area contributed by atoms with E-state index in [-0.39, 0.29) is 5.69 Å². The second-order valence-electron chi connectivity index (χ2n) is 5.01. The van der Waals surface area contributed by atoms with Crippen molar-refractivity contribution in [2.24, 2.45) is 0 Å². The smallest absolute Gasteiger partial charge is 0.270 e. The van der Waals surface area contributed by atoms with Crippen LogP contribution in [0.2, 0.25) is 0 Å². The number of fused-ring (bicyclic) bond motifs is 1. The molecule has 0 radical (unpaired) electrons. The van der Waals surface area contributed by atoms with Gasteiger partial charge in [-0.05, 0) is 30.7 Å². The highest BCUT2D eigenvalue weighted by Gasteiger charge is 2.12. The van der Waals surface area contributed by atoms with Crippen molar-refractivity contribution in [2.45, 2.75) is 6.92 Å². The molecule has 1 N–H and O–H groups in total. The topological polar surface area (TPSA) is 90.2 Å².